The molecule has 0 unspecified atom stereocenters. The number of hydrogen-bond donors (Lipinski definition) is 0. The number of fused-ring (bicyclic) bond motifs is 2. The molecule has 1 aromatic heterocycles. The first-order valence-corrected chi connectivity index (χ1v) is 10.9. The van der Waals surface area contributed by atoms with E-state index in [0.29, 0.717) is 28.6 Å². The van der Waals surface area contributed by atoms with Crippen molar-refractivity contribution in [3.05, 3.63) is 79.9 Å². The van der Waals surface area contributed by atoms with E-state index in [1.54, 1.807) is 46.8 Å². The van der Waals surface area contributed by atoms with E-state index in [9.17, 15) is 19.7 Å². The van der Waals surface area contributed by atoms with Gasteiger partial charge in [-0.05, 0) is 43.5 Å². The minimum Gasteiger partial charge on any atom is -0.335 e. The minimum atomic E-state index is -0.448. The molecule has 0 aliphatic carbocycles. The van der Waals surface area contributed by atoms with Crippen LogP contribution in [0.2, 0.25) is 0 Å². The third-order valence-electron chi connectivity index (χ3n) is 6.28. The molecule has 0 radical (unpaired) electrons. The molecule has 2 aromatic carbocycles. The molecule has 0 N–H and O–H groups in total. The van der Waals surface area contributed by atoms with Gasteiger partial charge in [0.15, 0.2) is 0 Å². The van der Waals surface area contributed by atoms with Crippen molar-refractivity contribution in [2.75, 3.05) is 7.05 Å². The Hall–Kier alpha value is -3.55. The Morgan fingerprint density at radius 2 is 1.94 bits per heavy atom. The third kappa shape index (κ3) is 4.12. The number of nitro groups is 1. The van der Waals surface area contributed by atoms with Crippen molar-refractivity contribution in [1.82, 2.24) is 14.5 Å². The number of carbonyl (C=O) groups excluding carboxylic acids is 1. The van der Waals surface area contributed by atoms with Gasteiger partial charge < -0.3 is 4.90 Å². The third-order valence-corrected chi connectivity index (χ3v) is 6.28. The van der Waals surface area contributed by atoms with Gasteiger partial charge in [0, 0.05) is 37.7 Å². The van der Waals surface area contributed by atoms with Gasteiger partial charge in [0.2, 0.25) is 0 Å². The summed E-state index contributed by atoms with van der Waals surface area (Å²) in [6.45, 7) is 2.51. The fraction of sp³-hybridized carbons (Fsp3) is 0.375. The molecule has 32 heavy (non-hydrogen) atoms. The van der Waals surface area contributed by atoms with Crippen LogP contribution in [-0.4, -0.2) is 32.3 Å². The van der Waals surface area contributed by atoms with Gasteiger partial charge >= 0.3 is 0 Å². The molecule has 2 heterocycles. The van der Waals surface area contributed by atoms with Crippen molar-refractivity contribution < 1.29 is 9.72 Å². The van der Waals surface area contributed by atoms with Crippen LogP contribution < -0.4 is 5.56 Å². The monoisotopic (exact) mass is 434 g/mol. The Morgan fingerprint density at radius 3 is 2.72 bits per heavy atom. The van der Waals surface area contributed by atoms with Crippen molar-refractivity contribution in [2.45, 2.75) is 51.6 Å². The highest BCUT2D eigenvalue weighted by Crippen LogP contribution is 2.25. The Morgan fingerprint density at radius 1 is 1.16 bits per heavy atom. The van der Waals surface area contributed by atoms with Crippen LogP contribution in [0, 0.1) is 10.1 Å². The summed E-state index contributed by atoms with van der Waals surface area (Å²) >= 11 is 0. The number of amides is 1. The van der Waals surface area contributed by atoms with E-state index in [2.05, 4.69) is 0 Å². The lowest BCUT2D eigenvalue weighted by molar-refractivity contribution is -0.384. The van der Waals surface area contributed by atoms with E-state index in [-0.39, 0.29) is 23.2 Å². The van der Waals surface area contributed by atoms with E-state index in [1.165, 1.54) is 12.1 Å². The molecule has 0 spiro atoms. The molecular formula is C24H26N4O4. The quantitative estimate of drug-likeness (QED) is 0.451. The van der Waals surface area contributed by atoms with Crippen LogP contribution in [0.4, 0.5) is 5.69 Å². The number of nitrogens with zero attached hydrogens (tertiary/aromatic N) is 4. The molecule has 8 nitrogen and oxygen atoms in total. The average Bonchev–Trinajstić information content (AvgIpc) is 2.78. The Bertz CT molecular complexity index is 1250. The van der Waals surface area contributed by atoms with Crippen LogP contribution in [0.5, 0.6) is 0 Å². The Balaban J connectivity index is 1.66. The zero-order valence-electron chi connectivity index (χ0n) is 18.3. The molecule has 0 saturated carbocycles. The maximum absolute atomic E-state index is 13.2. The second-order valence-corrected chi connectivity index (χ2v) is 8.33. The zero-order chi connectivity index (χ0) is 22.8. The van der Waals surface area contributed by atoms with Gasteiger partial charge in [-0.25, -0.2) is 4.98 Å². The fourth-order valence-corrected chi connectivity index (χ4v) is 4.23. The lowest BCUT2D eigenvalue weighted by atomic mass is 10.0. The largest absolute Gasteiger partial charge is 0.335 e. The highest BCUT2D eigenvalue weighted by Gasteiger charge is 2.22. The van der Waals surface area contributed by atoms with E-state index in [4.69, 9.17) is 4.98 Å². The van der Waals surface area contributed by atoms with E-state index in [1.807, 2.05) is 6.92 Å². The van der Waals surface area contributed by atoms with Crippen molar-refractivity contribution in [2.24, 2.45) is 0 Å². The number of aryl methyl sites for hydroxylation is 1. The first kappa shape index (κ1) is 21.7. The number of benzene rings is 2. The van der Waals surface area contributed by atoms with E-state index in [0.717, 1.165) is 37.9 Å². The molecule has 166 valence electrons. The zero-order valence-corrected chi connectivity index (χ0v) is 18.3. The van der Waals surface area contributed by atoms with Crippen LogP contribution in [-0.2, 0) is 13.0 Å². The molecule has 1 amide bonds. The molecule has 1 aliphatic heterocycles. The molecule has 0 fully saturated rings. The van der Waals surface area contributed by atoms with Crippen molar-refractivity contribution in [3.8, 4) is 0 Å². The van der Waals surface area contributed by atoms with Crippen LogP contribution in [0.1, 0.15) is 60.4 Å². The molecule has 3 aromatic rings. The summed E-state index contributed by atoms with van der Waals surface area (Å²) in [5.41, 5.74) is 1.57. The van der Waals surface area contributed by atoms with Crippen molar-refractivity contribution in [1.29, 1.82) is 0 Å². The topological polar surface area (TPSA) is 98.3 Å². The van der Waals surface area contributed by atoms with Gasteiger partial charge in [-0.1, -0.05) is 25.0 Å². The van der Waals surface area contributed by atoms with Gasteiger partial charge in [-0.2, -0.15) is 0 Å². The SMILES string of the molecule is C[C@H](c1cccc([N+](=O)[O-])c1)N(C)C(=O)c1ccc2c(=O)n3c(nc2c1)CCCCCC3. The molecule has 1 aliphatic rings. The van der Waals surface area contributed by atoms with Gasteiger partial charge in [-0.3, -0.25) is 24.3 Å². The standard InChI is InChI=1S/C24H26N4O4/c1-16(17-8-7-9-19(14-17)28(31)32)26(2)23(29)18-11-12-20-21(15-18)25-22-10-5-3-4-6-13-27(22)24(20)30/h7-9,11-12,14-16H,3-6,10,13H2,1-2H3/t16-/m1/s1. The maximum atomic E-state index is 13.2. The molecule has 8 heteroatoms. The van der Waals surface area contributed by atoms with Gasteiger partial charge in [-0.15, -0.1) is 0 Å². The van der Waals surface area contributed by atoms with E-state index < -0.39 is 4.92 Å². The Labute approximate surface area is 185 Å². The second-order valence-electron chi connectivity index (χ2n) is 8.33. The van der Waals surface area contributed by atoms with Gasteiger partial charge in [0.1, 0.15) is 5.82 Å². The second kappa shape index (κ2) is 8.90. The fourth-order valence-electron chi connectivity index (χ4n) is 4.23. The van der Waals surface area contributed by atoms with Gasteiger partial charge in [0.25, 0.3) is 17.2 Å². The molecule has 0 saturated heterocycles. The predicted octanol–water partition coefficient (Wildman–Crippen LogP) is 4.25. The number of nitro benzene ring substituents is 1. The number of carbonyl (C=O) groups is 1. The van der Waals surface area contributed by atoms with Crippen molar-refractivity contribution in [3.63, 3.8) is 0 Å². The summed E-state index contributed by atoms with van der Waals surface area (Å²) in [5.74, 6) is 0.546. The molecule has 4 rings (SSSR count). The number of non-ortho nitro benzene ring substituents is 1. The van der Waals surface area contributed by atoms with Gasteiger partial charge in [0.05, 0.1) is 21.9 Å². The normalized spacial score (nSPS) is 14.8. The predicted molar refractivity (Wildman–Crippen MR) is 122 cm³/mol. The highest BCUT2D eigenvalue weighted by molar-refractivity contribution is 5.97. The Kier molecular flexibility index (Phi) is 6.03. The smallest absolute Gasteiger partial charge is 0.269 e. The van der Waals surface area contributed by atoms with Crippen LogP contribution in [0.25, 0.3) is 10.9 Å². The first-order chi connectivity index (χ1) is 15.4. The average molecular weight is 434 g/mol. The minimum absolute atomic E-state index is 0.0120. The van der Waals surface area contributed by atoms with Crippen LogP contribution in [0.15, 0.2) is 47.3 Å². The molecular weight excluding hydrogens is 408 g/mol. The lowest BCUT2D eigenvalue weighted by Gasteiger charge is -2.25. The summed E-state index contributed by atoms with van der Waals surface area (Å²) < 4.78 is 1.78. The summed E-state index contributed by atoms with van der Waals surface area (Å²) in [5, 5.41) is 11.6. The summed E-state index contributed by atoms with van der Waals surface area (Å²) in [4.78, 5) is 43.1. The van der Waals surface area contributed by atoms with Crippen LogP contribution in [0.3, 0.4) is 0 Å². The number of hydrogen-bond acceptors (Lipinski definition) is 5. The van der Waals surface area contributed by atoms with Crippen molar-refractivity contribution >= 4 is 22.5 Å². The van der Waals surface area contributed by atoms with E-state index >= 15 is 0 Å². The lowest BCUT2D eigenvalue weighted by Crippen LogP contribution is -2.30. The summed E-state index contributed by atoms with van der Waals surface area (Å²) in [6, 6.07) is 10.9. The summed E-state index contributed by atoms with van der Waals surface area (Å²) in [6.07, 6.45) is 4.98. The number of rotatable bonds is 4. The number of aromatic nitrogens is 2. The van der Waals surface area contributed by atoms with Crippen LogP contribution >= 0.6 is 0 Å². The summed E-state index contributed by atoms with van der Waals surface area (Å²) in [7, 11) is 1.67. The first-order valence-electron chi connectivity index (χ1n) is 10.9. The molecule has 0 bridgehead atoms. The molecule has 1 atom stereocenters. The maximum Gasteiger partial charge on any atom is 0.269 e. The highest BCUT2D eigenvalue weighted by atomic mass is 16.6.